The predicted octanol–water partition coefficient (Wildman–Crippen LogP) is 4.09. The first-order valence-corrected chi connectivity index (χ1v) is 10.4. The third kappa shape index (κ3) is 4.50. The van der Waals surface area contributed by atoms with E-state index in [9.17, 15) is 0 Å². The normalized spacial score (nSPS) is 14.8. The minimum atomic E-state index is 0.647. The average Bonchev–Trinajstić information content (AvgIpc) is 3.24. The zero-order valence-electron chi connectivity index (χ0n) is 15.4. The van der Waals surface area contributed by atoms with E-state index in [1.54, 1.807) is 12.1 Å². The molecule has 7 heteroatoms. The van der Waals surface area contributed by atoms with Gasteiger partial charge < -0.3 is 4.90 Å². The maximum Gasteiger partial charge on any atom is 0.205 e. The van der Waals surface area contributed by atoms with E-state index in [2.05, 4.69) is 32.4 Å². The zero-order chi connectivity index (χ0) is 19.3. The van der Waals surface area contributed by atoms with Gasteiger partial charge in [0, 0.05) is 54.8 Å². The second-order valence-corrected chi connectivity index (χ2v) is 7.96. The molecular weight excluding hydrogens is 390 g/mol. The van der Waals surface area contributed by atoms with Crippen molar-refractivity contribution >= 4 is 28.3 Å². The SMILES string of the molecule is N#Cc1ccc(-c2nsc(N3CCN(CCc4ccc(Cl)cc4)CC3)n2)cc1. The molecule has 0 radical (unpaired) electrons. The Morgan fingerprint density at radius 2 is 1.71 bits per heavy atom. The van der Waals surface area contributed by atoms with E-state index in [4.69, 9.17) is 21.8 Å². The lowest BCUT2D eigenvalue weighted by Crippen LogP contribution is -2.47. The molecule has 1 aliphatic rings. The first kappa shape index (κ1) is 18.9. The monoisotopic (exact) mass is 409 g/mol. The van der Waals surface area contributed by atoms with E-state index in [0.717, 1.165) is 60.7 Å². The average molecular weight is 410 g/mol. The van der Waals surface area contributed by atoms with Crippen molar-refractivity contribution in [3.8, 4) is 17.5 Å². The molecule has 0 amide bonds. The van der Waals surface area contributed by atoms with E-state index in [1.165, 1.54) is 17.1 Å². The zero-order valence-corrected chi connectivity index (χ0v) is 17.0. The summed E-state index contributed by atoms with van der Waals surface area (Å²) in [4.78, 5) is 9.51. The van der Waals surface area contributed by atoms with Crippen LogP contribution in [-0.4, -0.2) is 47.0 Å². The summed E-state index contributed by atoms with van der Waals surface area (Å²) in [6.07, 6.45) is 1.04. The highest BCUT2D eigenvalue weighted by Crippen LogP contribution is 2.25. The van der Waals surface area contributed by atoms with Crippen LogP contribution in [0.15, 0.2) is 48.5 Å². The first-order valence-electron chi connectivity index (χ1n) is 9.27. The summed E-state index contributed by atoms with van der Waals surface area (Å²) in [6, 6.07) is 17.7. The molecule has 1 aliphatic heterocycles. The number of benzene rings is 2. The van der Waals surface area contributed by atoms with Crippen LogP contribution in [0.2, 0.25) is 5.02 Å². The molecule has 0 saturated carbocycles. The molecular formula is C21H20ClN5S. The highest BCUT2D eigenvalue weighted by atomic mass is 35.5. The lowest BCUT2D eigenvalue weighted by molar-refractivity contribution is 0.261. The van der Waals surface area contributed by atoms with Crippen LogP contribution < -0.4 is 4.90 Å². The lowest BCUT2D eigenvalue weighted by atomic mass is 10.1. The van der Waals surface area contributed by atoms with Gasteiger partial charge in [-0.25, -0.2) is 0 Å². The van der Waals surface area contributed by atoms with Crippen LogP contribution in [0, 0.1) is 11.3 Å². The second kappa shape index (κ2) is 8.70. The van der Waals surface area contributed by atoms with Crippen LogP contribution >= 0.6 is 23.1 Å². The van der Waals surface area contributed by atoms with Gasteiger partial charge >= 0.3 is 0 Å². The topological polar surface area (TPSA) is 56.1 Å². The molecule has 1 fully saturated rings. The van der Waals surface area contributed by atoms with Gasteiger partial charge in [0.1, 0.15) is 0 Å². The van der Waals surface area contributed by atoms with Crippen LogP contribution in [0.5, 0.6) is 0 Å². The van der Waals surface area contributed by atoms with Crippen LogP contribution in [0.3, 0.4) is 0 Å². The third-order valence-corrected chi connectivity index (χ3v) is 5.99. The molecule has 0 unspecified atom stereocenters. The van der Waals surface area contributed by atoms with Crippen molar-refractivity contribution in [2.75, 3.05) is 37.6 Å². The Balaban J connectivity index is 1.30. The standard InChI is InChI=1S/C21H20ClN5S/c22-19-7-3-16(4-8-19)9-10-26-11-13-27(14-12-26)21-24-20(25-28-21)18-5-1-17(15-23)2-6-18/h1-8H,9-14H2. The number of rotatable bonds is 5. The number of anilines is 1. The van der Waals surface area contributed by atoms with E-state index in [-0.39, 0.29) is 0 Å². The third-order valence-electron chi connectivity index (χ3n) is 4.96. The van der Waals surface area contributed by atoms with Crippen LogP contribution in [0.1, 0.15) is 11.1 Å². The van der Waals surface area contributed by atoms with Crippen molar-refractivity contribution in [3.63, 3.8) is 0 Å². The second-order valence-electron chi connectivity index (χ2n) is 6.79. The summed E-state index contributed by atoms with van der Waals surface area (Å²) in [7, 11) is 0. The summed E-state index contributed by atoms with van der Waals surface area (Å²) in [6.45, 7) is 5.03. The lowest BCUT2D eigenvalue weighted by Gasteiger charge is -2.34. The molecule has 0 N–H and O–H groups in total. The fraction of sp³-hybridized carbons (Fsp3) is 0.286. The Kier molecular flexibility index (Phi) is 5.87. The molecule has 2 heterocycles. The summed E-state index contributed by atoms with van der Waals surface area (Å²) < 4.78 is 4.50. The molecule has 2 aromatic carbocycles. The van der Waals surface area contributed by atoms with E-state index in [0.29, 0.717) is 5.56 Å². The van der Waals surface area contributed by atoms with Crippen LogP contribution in [0.25, 0.3) is 11.4 Å². The van der Waals surface area contributed by atoms with Crippen molar-refractivity contribution in [1.29, 1.82) is 5.26 Å². The maximum atomic E-state index is 8.91. The van der Waals surface area contributed by atoms with Crippen molar-refractivity contribution in [2.45, 2.75) is 6.42 Å². The van der Waals surface area contributed by atoms with Gasteiger partial charge in [-0.15, -0.1) is 0 Å². The molecule has 0 atom stereocenters. The number of aromatic nitrogens is 2. The fourth-order valence-corrected chi connectivity index (χ4v) is 4.12. The van der Waals surface area contributed by atoms with Gasteiger partial charge in [0.05, 0.1) is 11.6 Å². The Hall–Kier alpha value is -2.46. The Labute approximate surface area is 174 Å². The van der Waals surface area contributed by atoms with Crippen LogP contribution in [-0.2, 0) is 6.42 Å². The van der Waals surface area contributed by atoms with Gasteiger partial charge in [-0.3, -0.25) is 4.90 Å². The molecule has 4 rings (SSSR count). The number of hydrogen-bond donors (Lipinski definition) is 0. The summed E-state index contributed by atoms with van der Waals surface area (Å²) in [5.41, 5.74) is 2.92. The summed E-state index contributed by atoms with van der Waals surface area (Å²) in [5.74, 6) is 0.731. The van der Waals surface area contributed by atoms with E-state index in [1.807, 2.05) is 24.3 Å². The number of hydrogen-bond acceptors (Lipinski definition) is 6. The van der Waals surface area contributed by atoms with Gasteiger partial charge in [0.25, 0.3) is 0 Å². The number of nitriles is 1. The van der Waals surface area contributed by atoms with Crippen molar-refractivity contribution in [1.82, 2.24) is 14.3 Å². The Bertz CT molecular complexity index is 954. The molecule has 3 aromatic rings. The summed E-state index contributed by atoms with van der Waals surface area (Å²) >= 11 is 7.39. The quantitative estimate of drug-likeness (QED) is 0.635. The number of halogens is 1. The fourth-order valence-electron chi connectivity index (χ4n) is 3.26. The van der Waals surface area contributed by atoms with E-state index >= 15 is 0 Å². The molecule has 5 nitrogen and oxygen atoms in total. The highest BCUT2D eigenvalue weighted by Gasteiger charge is 2.20. The van der Waals surface area contributed by atoms with Gasteiger partial charge in [-0.2, -0.15) is 14.6 Å². The van der Waals surface area contributed by atoms with Crippen molar-refractivity contribution < 1.29 is 0 Å². The molecule has 1 saturated heterocycles. The maximum absolute atomic E-state index is 8.91. The van der Waals surface area contributed by atoms with Crippen molar-refractivity contribution in [2.24, 2.45) is 0 Å². The van der Waals surface area contributed by atoms with Gasteiger partial charge in [-0.05, 0) is 48.4 Å². The molecule has 28 heavy (non-hydrogen) atoms. The number of nitrogens with zero attached hydrogens (tertiary/aromatic N) is 5. The minimum Gasteiger partial charge on any atom is -0.344 e. The minimum absolute atomic E-state index is 0.647. The molecule has 0 bridgehead atoms. The smallest absolute Gasteiger partial charge is 0.205 e. The molecule has 0 aliphatic carbocycles. The van der Waals surface area contributed by atoms with Gasteiger partial charge in [0.15, 0.2) is 5.82 Å². The van der Waals surface area contributed by atoms with Gasteiger partial charge in [0.2, 0.25) is 5.13 Å². The van der Waals surface area contributed by atoms with Crippen molar-refractivity contribution in [3.05, 3.63) is 64.7 Å². The largest absolute Gasteiger partial charge is 0.344 e. The molecule has 1 aromatic heterocycles. The predicted molar refractivity (Wildman–Crippen MR) is 114 cm³/mol. The Morgan fingerprint density at radius 3 is 2.39 bits per heavy atom. The van der Waals surface area contributed by atoms with E-state index < -0.39 is 0 Å². The summed E-state index contributed by atoms with van der Waals surface area (Å²) in [5, 5.41) is 10.7. The molecule has 142 valence electrons. The van der Waals surface area contributed by atoms with Crippen LogP contribution in [0.4, 0.5) is 5.13 Å². The first-order chi connectivity index (χ1) is 13.7. The molecule has 0 spiro atoms. The number of piperazine rings is 1. The van der Waals surface area contributed by atoms with Gasteiger partial charge in [-0.1, -0.05) is 23.7 Å². The Morgan fingerprint density at radius 1 is 1.00 bits per heavy atom. The highest BCUT2D eigenvalue weighted by molar-refractivity contribution is 7.09.